The van der Waals surface area contributed by atoms with Crippen LogP contribution in [0.25, 0.3) is 22.6 Å². The summed E-state index contributed by atoms with van der Waals surface area (Å²) in [5.74, 6) is 0.168. The number of hydrogen-bond donors (Lipinski definition) is 1. The molecule has 0 bridgehead atoms. The lowest BCUT2D eigenvalue weighted by Gasteiger charge is -2.19. The van der Waals surface area contributed by atoms with E-state index in [1.54, 1.807) is 63.2 Å². The van der Waals surface area contributed by atoms with Crippen molar-refractivity contribution in [2.45, 2.75) is 38.6 Å². The van der Waals surface area contributed by atoms with E-state index in [1.165, 1.54) is 10.6 Å². The number of benzene rings is 1. The summed E-state index contributed by atoms with van der Waals surface area (Å²) < 4.78 is 37.6. The van der Waals surface area contributed by atoms with Gasteiger partial charge in [-0.3, -0.25) is 4.79 Å². The summed E-state index contributed by atoms with van der Waals surface area (Å²) in [5.41, 5.74) is 2.39. The zero-order chi connectivity index (χ0) is 24.5. The van der Waals surface area contributed by atoms with Crippen LogP contribution < -0.4 is 5.32 Å². The number of rotatable bonds is 8. The van der Waals surface area contributed by atoms with Gasteiger partial charge in [0.25, 0.3) is 11.6 Å². The van der Waals surface area contributed by atoms with Gasteiger partial charge in [0.05, 0.1) is 33.8 Å². The molecule has 0 fully saturated rings. The minimum Gasteiger partial charge on any atom is -0.463 e. The average molecular weight is 483 g/mol. The molecule has 4 rings (SSSR count). The predicted octanol–water partition coefficient (Wildman–Crippen LogP) is 4.31. The molecule has 3 heterocycles. The molecule has 1 N–H and O–H groups in total. The van der Waals surface area contributed by atoms with Crippen LogP contribution in [0.1, 0.15) is 48.4 Å². The fourth-order valence-corrected chi connectivity index (χ4v) is 5.28. The summed E-state index contributed by atoms with van der Waals surface area (Å²) >= 11 is 0. The van der Waals surface area contributed by atoms with Crippen LogP contribution in [-0.2, 0) is 10.0 Å². The van der Waals surface area contributed by atoms with Crippen LogP contribution in [0.2, 0.25) is 0 Å². The summed E-state index contributed by atoms with van der Waals surface area (Å²) in [5, 5.41) is 7.45. The molecule has 34 heavy (non-hydrogen) atoms. The molecule has 0 aliphatic rings. The van der Waals surface area contributed by atoms with E-state index in [2.05, 4.69) is 15.5 Å². The summed E-state index contributed by atoms with van der Waals surface area (Å²) in [6.07, 6.45) is 1.53. The van der Waals surface area contributed by atoms with Gasteiger partial charge in [-0.05, 0) is 49.7 Å². The topological polar surface area (TPSA) is 119 Å². The number of hydrogen-bond acceptors (Lipinski definition) is 7. The first kappa shape index (κ1) is 23.7. The van der Waals surface area contributed by atoms with Crippen LogP contribution in [0.4, 0.5) is 0 Å². The largest absolute Gasteiger partial charge is 0.463 e. The maximum absolute atomic E-state index is 13.3. The van der Waals surface area contributed by atoms with Crippen molar-refractivity contribution in [1.29, 1.82) is 0 Å². The van der Waals surface area contributed by atoms with E-state index in [-0.39, 0.29) is 22.6 Å². The lowest BCUT2D eigenvalue weighted by Crippen LogP contribution is -2.30. The van der Waals surface area contributed by atoms with Crippen LogP contribution in [0.3, 0.4) is 0 Å². The number of carbonyl (C=O) groups excluding carboxylic acids is 1. The second-order valence-corrected chi connectivity index (χ2v) is 9.77. The zero-order valence-corrected chi connectivity index (χ0v) is 20.2. The highest BCUT2D eigenvalue weighted by Crippen LogP contribution is 2.28. The number of pyridine rings is 1. The highest BCUT2D eigenvalue weighted by atomic mass is 32.2. The monoisotopic (exact) mass is 482 g/mol. The first-order chi connectivity index (χ1) is 16.3. The van der Waals surface area contributed by atoms with E-state index < -0.39 is 10.0 Å². The fraction of sp³-hybridized carbons (Fsp3) is 0.292. The number of sulfonamides is 1. The quantitative estimate of drug-likeness (QED) is 0.397. The number of nitrogens with zero attached hydrogens (tertiary/aromatic N) is 3. The lowest BCUT2D eigenvalue weighted by molar-refractivity contribution is 0.0941. The molecular weight excluding hydrogens is 456 g/mol. The lowest BCUT2D eigenvalue weighted by atomic mass is 10.1. The van der Waals surface area contributed by atoms with Gasteiger partial charge in [0.15, 0.2) is 5.76 Å². The van der Waals surface area contributed by atoms with Gasteiger partial charge in [0.2, 0.25) is 10.0 Å². The summed E-state index contributed by atoms with van der Waals surface area (Å²) in [7, 11) is -3.55. The third-order valence-corrected chi connectivity index (χ3v) is 7.77. The summed E-state index contributed by atoms with van der Waals surface area (Å²) in [6, 6.07) is 11.3. The molecule has 9 nitrogen and oxygen atoms in total. The highest BCUT2D eigenvalue weighted by molar-refractivity contribution is 7.89. The van der Waals surface area contributed by atoms with E-state index >= 15 is 0 Å². The third-order valence-electron chi connectivity index (χ3n) is 5.71. The number of fused-ring (bicyclic) bond motifs is 1. The van der Waals surface area contributed by atoms with Crippen LogP contribution in [0, 0.1) is 6.92 Å². The van der Waals surface area contributed by atoms with Crippen molar-refractivity contribution in [3.63, 3.8) is 0 Å². The van der Waals surface area contributed by atoms with E-state index in [0.29, 0.717) is 41.2 Å². The Morgan fingerprint density at radius 1 is 1.15 bits per heavy atom. The Kier molecular flexibility index (Phi) is 6.54. The Balaban J connectivity index is 1.60. The molecule has 10 heteroatoms. The second kappa shape index (κ2) is 9.40. The first-order valence-corrected chi connectivity index (χ1v) is 12.4. The molecule has 0 aliphatic carbocycles. The van der Waals surface area contributed by atoms with Gasteiger partial charge in [-0.2, -0.15) is 4.31 Å². The minimum atomic E-state index is -3.55. The normalized spacial score (nSPS) is 12.9. The van der Waals surface area contributed by atoms with E-state index in [0.717, 1.165) is 5.56 Å². The van der Waals surface area contributed by atoms with Crippen molar-refractivity contribution < 1.29 is 22.2 Å². The van der Waals surface area contributed by atoms with Crippen LogP contribution in [-0.4, -0.2) is 41.9 Å². The fourth-order valence-electron chi connectivity index (χ4n) is 3.82. The molecule has 3 aromatic heterocycles. The average Bonchev–Trinajstić information content (AvgIpc) is 3.49. The van der Waals surface area contributed by atoms with Crippen molar-refractivity contribution in [2.75, 3.05) is 13.1 Å². The number of amides is 1. The van der Waals surface area contributed by atoms with Crippen LogP contribution >= 0.6 is 0 Å². The van der Waals surface area contributed by atoms with Gasteiger partial charge in [-0.1, -0.05) is 31.1 Å². The van der Waals surface area contributed by atoms with Crippen LogP contribution in [0.5, 0.6) is 0 Å². The Morgan fingerprint density at radius 2 is 1.85 bits per heavy atom. The van der Waals surface area contributed by atoms with Gasteiger partial charge in [-0.15, -0.1) is 0 Å². The smallest absolute Gasteiger partial charge is 0.259 e. The maximum atomic E-state index is 13.3. The number of aromatic nitrogens is 2. The van der Waals surface area contributed by atoms with Gasteiger partial charge >= 0.3 is 0 Å². The molecule has 0 radical (unpaired) electrons. The standard InChI is InChI=1S/C24H26N4O5S/c1-5-28(6-2)34(30,31)18-11-9-17(10-12-18)15(3)25-23(29)19-14-20(21-8-7-13-32-21)26-24-22(19)16(4)27-33-24/h7-15H,5-6H2,1-4H3,(H,25,29). The number of carbonyl (C=O) groups is 1. The Bertz CT molecular complexity index is 1410. The van der Waals surface area contributed by atoms with Crippen molar-refractivity contribution in [1.82, 2.24) is 19.8 Å². The zero-order valence-electron chi connectivity index (χ0n) is 19.4. The Hall–Kier alpha value is -3.50. The number of aryl methyl sites for hydroxylation is 1. The molecule has 178 valence electrons. The SMILES string of the molecule is CCN(CC)S(=O)(=O)c1ccc(C(C)NC(=O)c2cc(-c3ccco3)nc3onc(C)c23)cc1. The van der Waals surface area contributed by atoms with Gasteiger partial charge in [0, 0.05) is 13.1 Å². The number of furan rings is 1. The van der Waals surface area contributed by atoms with Gasteiger partial charge < -0.3 is 14.3 Å². The summed E-state index contributed by atoms with van der Waals surface area (Å²) in [4.78, 5) is 17.9. The van der Waals surface area contributed by atoms with Crippen molar-refractivity contribution in [3.05, 3.63) is 65.5 Å². The molecule has 1 unspecified atom stereocenters. The van der Waals surface area contributed by atoms with Crippen LogP contribution in [0.15, 0.2) is 62.6 Å². The maximum Gasteiger partial charge on any atom is 0.259 e. The molecule has 0 spiro atoms. The Morgan fingerprint density at radius 3 is 2.47 bits per heavy atom. The van der Waals surface area contributed by atoms with Gasteiger partial charge in [0.1, 0.15) is 5.69 Å². The molecule has 1 aromatic carbocycles. The molecular formula is C24H26N4O5S. The number of nitrogens with one attached hydrogen (secondary N) is 1. The van der Waals surface area contributed by atoms with E-state index in [1.807, 2.05) is 6.92 Å². The molecule has 0 saturated carbocycles. The molecule has 4 aromatic rings. The molecule has 0 saturated heterocycles. The Labute approximate surface area is 197 Å². The molecule has 1 atom stereocenters. The van der Waals surface area contributed by atoms with Gasteiger partial charge in [-0.25, -0.2) is 13.4 Å². The third kappa shape index (κ3) is 4.34. The van der Waals surface area contributed by atoms with Crippen molar-refractivity contribution in [3.8, 4) is 11.5 Å². The highest BCUT2D eigenvalue weighted by Gasteiger charge is 2.23. The molecule has 0 aliphatic heterocycles. The minimum absolute atomic E-state index is 0.220. The van der Waals surface area contributed by atoms with E-state index in [9.17, 15) is 13.2 Å². The van der Waals surface area contributed by atoms with Crippen molar-refractivity contribution in [2.24, 2.45) is 0 Å². The molecule has 1 amide bonds. The van der Waals surface area contributed by atoms with E-state index in [4.69, 9.17) is 8.94 Å². The predicted molar refractivity (Wildman–Crippen MR) is 127 cm³/mol. The second-order valence-electron chi connectivity index (χ2n) is 7.83. The summed E-state index contributed by atoms with van der Waals surface area (Å²) in [6.45, 7) is 7.98. The first-order valence-electron chi connectivity index (χ1n) is 11.0. The van der Waals surface area contributed by atoms with Crippen molar-refractivity contribution >= 4 is 27.0 Å².